The third-order valence-electron chi connectivity index (χ3n) is 6.10. The van der Waals surface area contributed by atoms with Crippen LogP contribution in [0.15, 0.2) is 24.3 Å². The molecule has 0 radical (unpaired) electrons. The normalized spacial score (nSPS) is 34.8. The van der Waals surface area contributed by atoms with Crippen molar-refractivity contribution in [2.45, 2.75) is 70.6 Å². The van der Waals surface area contributed by atoms with Gasteiger partial charge in [-0.15, -0.1) is 0 Å². The molecule has 1 spiro atoms. The third-order valence-corrected chi connectivity index (χ3v) is 6.10. The van der Waals surface area contributed by atoms with Gasteiger partial charge < -0.3 is 0 Å². The van der Waals surface area contributed by atoms with Crippen LogP contribution in [0.5, 0.6) is 0 Å². The van der Waals surface area contributed by atoms with E-state index < -0.39 is 0 Å². The van der Waals surface area contributed by atoms with Crippen LogP contribution < -0.4 is 0 Å². The van der Waals surface area contributed by atoms with Crippen molar-refractivity contribution in [3.8, 4) is 0 Å². The van der Waals surface area contributed by atoms with Crippen molar-refractivity contribution in [2.24, 2.45) is 11.8 Å². The Labute approximate surface area is 118 Å². The average Bonchev–Trinajstić information content (AvgIpc) is 2.63. The third kappa shape index (κ3) is 2.04. The van der Waals surface area contributed by atoms with Gasteiger partial charge in [-0.25, -0.2) is 0 Å². The molecule has 3 unspecified atom stereocenters. The smallest absolute Gasteiger partial charge is 0.000945 e. The van der Waals surface area contributed by atoms with Gasteiger partial charge in [-0.2, -0.15) is 0 Å². The first-order valence-electron chi connectivity index (χ1n) is 8.37. The molecule has 1 aromatic carbocycles. The lowest BCUT2D eigenvalue weighted by Crippen LogP contribution is -2.44. The monoisotopic (exact) mass is 256 g/mol. The highest BCUT2D eigenvalue weighted by molar-refractivity contribution is 5.37. The summed E-state index contributed by atoms with van der Waals surface area (Å²) in [5.41, 5.74) is 3.89. The summed E-state index contributed by atoms with van der Waals surface area (Å²) in [6.07, 6.45) is 11.3. The highest BCUT2D eigenvalue weighted by atomic mass is 14.5. The van der Waals surface area contributed by atoms with Gasteiger partial charge in [0, 0.05) is 5.41 Å². The molecule has 0 bridgehead atoms. The summed E-state index contributed by atoms with van der Waals surface area (Å²) in [6, 6.07) is 9.38. The van der Waals surface area contributed by atoms with Crippen molar-refractivity contribution < 1.29 is 0 Å². The van der Waals surface area contributed by atoms with Gasteiger partial charge in [0.15, 0.2) is 0 Å². The highest BCUT2D eigenvalue weighted by Crippen LogP contribution is 2.53. The molecular formula is C19H28. The molecule has 3 rings (SSSR count). The molecule has 0 heterocycles. The van der Waals surface area contributed by atoms with Crippen molar-refractivity contribution in [3.05, 3.63) is 35.4 Å². The fourth-order valence-corrected chi connectivity index (χ4v) is 5.15. The van der Waals surface area contributed by atoms with Crippen molar-refractivity contribution in [2.75, 3.05) is 0 Å². The molecule has 3 atom stereocenters. The zero-order valence-electron chi connectivity index (χ0n) is 12.6. The molecule has 0 N–H and O–H groups in total. The summed E-state index contributed by atoms with van der Waals surface area (Å²) in [6.45, 7) is 4.95. The molecule has 104 valence electrons. The summed E-state index contributed by atoms with van der Waals surface area (Å²) in [5, 5.41) is 0. The lowest BCUT2D eigenvalue weighted by atomic mass is 9.55. The highest BCUT2D eigenvalue weighted by Gasteiger charge is 2.46. The predicted octanol–water partition coefficient (Wildman–Crippen LogP) is 5.50. The van der Waals surface area contributed by atoms with E-state index in [4.69, 9.17) is 0 Å². The van der Waals surface area contributed by atoms with E-state index >= 15 is 0 Å². The molecule has 0 heteroatoms. The zero-order chi connectivity index (χ0) is 13.3. The number of rotatable bonds is 1. The summed E-state index contributed by atoms with van der Waals surface area (Å²) >= 11 is 0. The molecule has 1 saturated carbocycles. The minimum absolute atomic E-state index is 0.500. The van der Waals surface area contributed by atoms with Crippen LogP contribution in [-0.2, 0) is 11.8 Å². The number of benzene rings is 1. The average molecular weight is 256 g/mol. The Hall–Kier alpha value is -0.780. The van der Waals surface area contributed by atoms with E-state index in [0.29, 0.717) is 5.41 Å². The largest absolute Gasteiger partial charge is 0.0651 e. The van der Waals surface area contributed by atoms with Gasteiger partial charge in [0.25, 0.3) is 0 Å². The van der Waals surface area contributed by atoms with Gasteiger partial charge in [0.1, 0.15) is 0 Å². The topological polar surface area (TPSA) is 0 Å². The van der Waals surface area contributed by atoms with E-state index in [9.17, 15) is 0 Å². The van der Waals surface area contributed by atoms with Crippen LogP contribution in [-0.4, -0.2) is 0 Å². The molecule has 2 aliphatic carbocycles. The molecule has 1 fully saturated rings. The summed E-state index contributed by atoms with van der Waals surface area (Å²) in [5.74, 6) is 1.78. The van der Waals surface area contributed by atoms with E-state index in [1.807, 2.05) is 0 Å². The lowest BCUT2D eigenvalue weighted by molar-refractivity contribution is 0.1000. The molecule has 2 aliphatic rings. The van der Waals surface area contributed by atoms with Crippen molar-refractivity contribution >= 4 is 0 Å². The SMILES string of the molecule is CCC1CCCC(C)C12CCCCc1ccccc12. The van der Waals surface area contributed by atoms with Crippen LogP contribution in [0, 0.1) is 11.8 Å². The van der Waals surface area contributed by atoms with Gasteiger partial charge in [-0.1, -0.05) is 57.4 Å². The van der Waals surface area contributed by atoms with Crippen LogP contribution in [0.2, 0.25) is 0 Å². The number of fused-ring (bicyclic) bond motifs is 2. The quantitative estimate of drug-likeness (QED) is 0.622. The Balaban J connectivity index is 2.14. The van der Waals surface area contributed by atoms with E-state index in [1.165, 1.54) is 51.4 Å². The molecule has 0 amide bonds. The summed E-state index contributed by atoms with van der Waals surface area (Å²) in [4.78, 5) is 0. The van der Waals surface area contributed by atoms with Crippen LogP contribution in [0.4, 0.5) is 0 Å². The Morgan fingerprint density at radius 2 is 1.95 bits per heavy atom. The van der Waals surface area contributed by atoms with Gasteiger partial charge in [-0.05, 0) is 55.1 Å². The number of hydrogen-bond donors (Lipinski definition) is 0. The van der Waals surface area contributed by atoms with Gasteiger partial charge in [0.05, 0.1) is 0 Å². The minimum atomic E-state index is 0.500. The van der Waals surface area contributed by atoms with Crippen molar-refractivity contribution in [3.63, 3.8) is 0 Å². The van der Waals surface area contributed by atoms with Gasteiger partial charge >= 0.3 is 0 Å². The second-order valence-corrected chi connectivity index (χ2v) is 6.84. The summed E-state index contributed by atoms with van der Waals surface area (Å²) in [7, 11) is 0. The summed E-state index contributed by atoms with van der Waals surface area (Å²) < 4.78 is 0. The van der Waals surface area contributed by atoms with Crippen molar-refractivity contribution in [1.82, 2.24) is 0 Å². The van der Waals surface area contributed by atoms with Gasteiger partial charge in [-0.3, -0.25) is 0 Å². The molecule has 0 aromatic heterocycles. The van der Waals surface area contributed by atoms with E-state index in [-0.39, 0.29) is 0 Å². The maximum atomic E-state index is 2.53. The number of hydrogen-bond acceptors (Lipinski definition) is 0. The van der Waals surface area contributed by atoms with Crippen LogP contribution in [0.3, 0.4) is 0 Å². The predicted molar refractivity (Wildman–Crippen MR) is 82.5 cm³/mol. The van der Waals surface area contributed by atoms with E-state index in [0.717, 1.165) is 11.8 Å². The van der Waals surface area contributed by atoms with Crippen LogP contribution >= 0.6 is 0 Å². The first-order valence-corrected chi connectivity index (χ1v) is 8.37. The van der Waals surface area contributed by atoms with E-state index in [2.05, 4.69) is 38.1 Å². The Morgan fingerprint density at radius 1 is 1.11 bits per heavy atom. The Kier molecular flexibility index (Phi) is 3.69. The molecule has 19 heavy (non-hydrogen) atoms. The molecule has 0 aliphatic heterocycles. The zero-order valence-corrected chi connectivity index (χ0v) is 12.6. The first kappa shape index (κ1) is 13.2. The standard InChI is InChI=1S/C19H28/c1-3-17-12-8-9-15(2)19(17)14-7-6-11-16-10-4-5-13-18(16)19/h4-5,10,13,15,17H,3,6-9,11-12,14H2,1-2H3. The molecule has 1 aromatic rings. The number of aryl methyl sites for hydroxylation is 1. The maximum absolute atomic E-state index is 2.53. The van der Waals surface area contributed by atoms with Crippen LogP contribution in [0.1, 0.15) is 69.9 Å². The fourth-order valence-electron chi connectivity index (χ4n) is 5.15. The molecule has 0 nitrogen and oxygen atoms in total. The van der Waals surface area contributed by atoms with Crippen molar-refractivity contribution in [1.29, 1.82) is 0 Å². The van der Waals surface area contributed by atoms with Crippen LogP contribution in [0.25, 0.3) is 0 Å². The Morgan fingerprint density at radius 3 is 2.79 bits per heavy atom. The molecule has 0 saturated heterocycles. The Bertz CT molecular complexity index is 433. The second kappa shape index (κ2) is 5.31. The van der Waals surface area contributed by atoms with E-state index in [1.54, 1.807) is 11.1 Å². The fraction of sp³-hybridized carbons (Fsp3) is 0.684. The maximum Gasteiger partial charge on any atom is 0.000945 e. The first-order chi connectivity index (χ1) is 9.29. The molecular weight excluding hydrogens is 228 g/mol. The van der Waals surface area contributed by atoms with Gasteiger partial charge in [0.2, 0.25) is 0 Å². The minimum Gasteiger partial charge on any atom is -0.0651 e. The second-order valence-electron chi connectivity index (χ2n) is 6.84. The lowest BCUT2D eigenvalue weighted by Gasteiger charge is -2.50.